The summed E-state index contributed by atoms with van der Waals surface area (Å²) >= 11 is -0.844. The highest BCUT2D eigenvalue weighted by Gasteiger charge is 1.94. The van der Waals surface area contributed by atoms with Gasteiger partial charge in [0, 0.05) is 0 Å². The molecule has 0 N–H and O–H groups in total. The van der Waals surface area contributed by atoms with Crippen molar-refractivity contribution >= 4 is 14.1 Å². The quantitative estimate of drug-likeness (QED) is 0.397. The van der Waals surface area contributed by atoms with Crippen molar-refractivity contribution in [3.8, 4) is 4.93 Å². The Balaban J connectivity index is 2.94. The zero-order valence-electron chi connectivity index (χ0n) is 3.52. The fraction of sp³-hybridized carbons (Fsp3) is 0.667. The molecular weight excluding hydrogens is 77.0 g/mol. The Morgan fingerprint density at radius 3 is 1.80 bits per heavy atom. The van der Waals surface area contributed by atoms with Crippen LogP contribution in [0.2, 0.25) is 11.6 Å². The van der Waals surface area contributed by atoms with Gasteiger partial charge in [0.15, 0.2) is 0 Å². The largest absolute Gasteiger partial charge is 0.415 e. The Kier molecular flexibility index (Phi) is 2.28. The Morgan fingerprint density at radius 1 is 1.60 bits per heavy atom. The molecule has 0 aromatic heterocycles. The summed E-state index contributed by atoms with van der Waals surface area (Å²) < 4.78 is 0. The lowest BCUT2D eigenvalue weighted by atomic mass is 11.7. The van der Waals surface area contributed by atoms with Gasteiger partial charge in [0.05, 0.1) is 0 Å². The van der Waals surface area contributed by atoms with Crippen LogP contribution in [0.25, 0.3) is 0 Å². The number of hydrogen-bond acceptors (Lipinski definition) is 1. The van der Waals surface area contributed by atoms with Crippen LogP contribution in [0.5, 0.6) is 0 Å². The van der Waals surface area contributed by atoms with Crippen molar-refractivity contribution in [3.63, 3.8) is 0 Å². The molecule has 0 saturated heterocycles. The van der Waals surface area contributed by atoms with Crippen LogP contribution in [0.15, 0.2) is 0 Å². The molecule has 0 aliphatic carbocycles. The summed E-state index contributed by atoms with van der Waals surface area (Å²) in [4.78, 5) is 2.17. The van der Waals surface area contributed by atoms with Gasteiger partial charge in [-0.25, -0.2) is 5.26 Å². The van der Waals surface area contributed by atoms with Crippen molar-refractivity contribution in [2.75, 3.05) is 0 Å². The third-order valence-corrected chi connectivity index (χ3v) is 0.775. The summed E-state index contributed by atoms with van der Waals surface area (Å²) in [5.74, 6) is 4.00. The predicted molar refractivity (Wildman–Crippen MR) is 23.1 cm³/mol. The molecule has 0 aliphatic heterocycles. The second kappa shape index (κ2) is 2.27. The molecule has 0 bridgehead atoms. The fourth-order valence-electron chi connectivity index (χ4n) is 0. The number of nitrogens with zero attached hydrogens (tertiary/aromatic N) is 1. The average molecular weight is 83.1 g/mol. The molecule has 5 heavy (non-hydrogen) atoms. The van der Waals surface area contributed by atoms with E-state index in [1.807, 2.05) is 11.6 Å². The summed E-state index contributed by atoms with van der Waals surface area (Å²) in [6.07, 6.45) is 0. The molecule has 0 atom stereocenters. The first-order valence-electron chi connectivity index (χ1n) is 1.67. The summed E-state index contributed by atoms with van der Waals surface area (Å²) in [6.45, 7) is 0. The maximum absolute atomic E-state index is 7.96. The Bertz CT molecular complexity index is 52.4. The highest BCUT2D eigenvalue weighted by Crippen LogP contribution is 1.67. The molecule has 26 valence electrons. The van der Waals surface area contributed by atoms with Crippen LogP contribution in [0, 0.1) is 10.2 Å². The molecule has 1 nitrogen and oxygen atoms in total. The molecule has 0 aliphatic rings. The SMILES string of the molecule is [CH3][Al]([CH3])[C]#N. The van der Waals surface area contributed by atoms with Crippen LogP contribution in [0.1, 0.15) is 0 Å². The molecule has 0 radical (unpaired) electrons. The Hall–Kier alpha value is 0.0225. The Labute approximate surface area is 36.6 Å². The standard InChI is InChI=1S/CN.2CH3.Al/c1-2;;;/h;2*1H3;. The van der Waals surface area contributed by atoms with Crippen molar-refractivity contribution in [3.05, 3.63) is 0 Å². The van der Waals surface area contributed by atoms with Crippen LogP contribution in [-0.2, 0) is 0 Å². The first kappa shape index (κ1) is 5.02. The first-order valence-corrected chi connectivity index (χ1v) is 4.55. The highest BCUT2D eigenvalue weighted by atomic mass is 27.2. The van der Waals surface area contributed by atoms with Gasteiger partial charge in [-0.1, -0.05) is 16.5 Å². The lowest BCUT2D eigenvalue weighted by Gasteiger charge is -1.63. The van der Waals surface area contributed by atoms with Gasteiger partial charge in [0.2, 0.25) is 0 Å². The second-order valence-corrected chi connectivity index (χ2v) is 3.85. The summed E-state index contributed by atoms with van der Waals surface area (Å²) in [5, 5.41) is 7.96. The third-order valence-electron chi connectivity index (χ3n) is 0.258. The lowest BCUT2D eigenvalue weighted by molar-refractivity contribution is 1.55. The number of hydrogen-bond donors (Lipinski definition) is 0. The van der Waals surface area contributed by atoms with E-state index in [1.54, 1.807) is 0 Å². The molecule has 0 heterocycles. The molecule has 0 aromatic carbocycles. The minimum absolute atomic E-state index is 0.844. The maximum Gasteiger partial charge on any atom is 0.415 e. The van der Waals surface area contributed by atoms with Crippen LogP contribution in [0.3, 0.4) is 0 Å². The van der Waals surface area contributed by atoms with Gasteiger partial charge in [-0.3, -0.25) is 0 Å². The van der Waals surface area contributed by atoms with Crippen LogP contribution in [0.4, 0.5) is 0 Å². The van der Waals surface area contributed by atoms with E-state index in [4.69, 9.17) is 5.26 Å². The second-order valence-electron chi connectivity index (χ2n) is 1.28. The molecular formula is C3H6AlN. The molecule has 0 unspecified atom stereocenters. The van der Waals surface area contributed by atoms with E-state index >= 15 is 0 Å². The summed E-state index contributed by atoms with van der Waals surface area (Å²) in [5.41, 5.74) is 0. The minimum Gasteiger partial charge on any atom is -0.225 e. The average Bonchev–Trinajstić information content (AvgIpc) is 1.38. The fourth-order valence-corrected chi connectivity index (χ4v) is 0. The molecule has 0 fully saturated rings. The van der Waals surface area contributed by atoms with Crippen LogP contribution >= 0.6 is 0 Å². The van der Waals surface area contributed by atoms with E-state index in [9.17, 15) is 0 Å². The number of rotatable bonds is 0. The molecule has 0 aromatic rings. The molecule has 0 spiro atoms. The molecule has 0 amide bonds. The zero-order valence-corrected chi connectivity index (χ0v) is 4.68. The van der Waals surface area contributed by atoms with E-state index in [0.717, 1.165) is 0 Å². The zero-order chi connectivity index (χ0) is 4.28. The normalized spacial score (nSPS) is 5.80. The van der Waals surface area contributed by atoms with Crippen molar-refractivity contribution in [2.24, 2.45) is 0 Å². The van der Waals surface area contributed by atoms with Gasteiger partial charge >= 0.3 is 14.1 Å². The predicted octanol–water partition coefficient (Wildman–Crippen LogP) is 0.804. The Morgan fingerprint density at radius 2 is 1.80 bits per heavy atom. The molecule has 2 heteroatoms. The van der Waals surface area contributed by atoms with Gasteiger partial charge < -0.3 is 0 Å². The topological polar surface area (TPSA) is 23.8 Å². The molecule has 0 rings (SSSR count). The van der Waals surface area contributed by atoms with Gasteiger partial charge in [0.25, 0.3) is 0 Å². The summed E-state index contributed by atoms with van der Waals surface area (Å²) in [6, 6.07) is 0. The monoisotopic (exact) mass is 83.0 g/mol. The van der Waals surface area contributed by atoms with Crippen molar-refractivity contribution in [2.45, 2.75) is 11.6 Å². The number of nitriles is 1. The smallest absolute Gasteiger partial charge is 0.225 e. The minimum atomic E-state index is -0.844. The third kappa shape index (κ3) is 4.02. The van der Waals surface area contributed by atoms with Crippen LogP contribution in [-0.4, -0.2) is 14.1 Å². The van der Waals surface area contributed by atoms with Crippen molar-refractivity contribution in [1.82, 2.24) is 0 Å². The van der Waals surface area contributed by atoms with E-state index in [-0.39, 0.29) is 0 Å². The van der Waals surface area contributed by atoms with Gasteiger partial charge in [0.1, 0.15) is 0 Å². The van der Waals surface area contributed by atoms with E-state index in [1.165, 1.54) is 0 Å². The summed E-state index contributed by atoms with van der Waals surface area (Å²) in [7, 11) is 0. The maximum atomic E-state index is 7.96. The van der Waals surface area contributed by atoms with Crippen molar-refractivity contribution in [1.29, 1.82) is 5.26 Å². The highest BCUT2D eigenvalue weighted by molar-refractivity contribution is 6.64. The van der Waals surface area contributed by atoms with E-state index in [2.05, 4.69) is 4.93 Å². The first-order chi connectivity index (χ1) is 2.27. The molecule has 0 saturated carbocycles. The van der Waals surface area contributed by atoms with Gasteiger partial charge in [-0.05, 0) is 0 Å². The van der Waals surface area contributed by atoms with Gasteiger partial charge in [-0.15, -0.1) is 0 Å². The van der Waals surface area contributed by atoms with Gasteiger partial charge in [-0.2, -0.15) is 0 Å². The van der Waals surface area contributed by atoms with E-state index < -0.39 is 14.1 Å². The van der Waals surface area contributed by atoms with Crippen molar-refractivity contribution < 1.29 is 0 Å². The van der Waals surface area contributed by atoms with Crippen LogP contribution < -0.4 is 0 Å². The van der Waals surface area contributed by atoms with E-state index in [0.29, 0.717) is 0 Å². The lowest BCUT2D eigenvalue weighted by Crippen LogP contribution is -1.90.